The highest BCUT2D eigenvalue weighted by Crippen LogP contribution is 2.45. The van der Waals surface area contributed by atoms with Crippen LogP contribution in [0.5, 0.6) is 0 Å². The molecular weight excluding hydrogens is 1400 g/mol. The zero-order valence-electron chi connectivity index (χ0n) is 68.0. The molecule has 0 saturated carbocycles. The van der Waals surface area contributed by atoms with Crippen LogP contribution in [0.25, 0.3) is 0 Å². The highest BCUT2D eigenvalue weighted by molar-refractivity contribution is 7.47. The standard InChI is InChI=1S/C89H152O17P2/c1-5-9-13-17-21-25-29-33-37-39-41-43-47-50-54-58-62-66-70-74-87(92)100-80-85(106-89(94)76-72-68-64-60-56-52-48-44-42-40-38-34-30-26-22-18-14-10-6-2)82-104-108(97,98)102-78-83(90)77-101-107(95,96)103-81-84(105-88(93)75-71-67-63-59-55-51-46-36-32-28-24-20-16-12-8-4)79-99-86(91)73-69-65-61-57-53-49-45-35-31-27-23-19-15-11-7-3/h9-10,13-14,21-23,25-27,33-38,41-46,83-85,90H,5-8,11-12,15-20,24,28-32,39-40,47-82H2,1-4H3,(H,95,96)(H,97,98)/b13-9-,14-10-,25-21-,26-22-,27-23-,37-33-,38-34-,43-41-,44-42-,45-35-,46-36-. The second-order valence-electron chi connectivity index (χ2n) is 28.0. The largest absolute Gasteiger partial charge is 0.472 e. The van der Waals surface area contributed by atoms with Crippen molar-refractivity contribution in [2.24, 2.45) is 0 Å². The summed E-state index contributed by atoms with van der Waals surface area (Å²) < 4.78 is 68.8. The average molecular weight is 1560 g/mol. The third-order valence-corrected chi connectivity index (χ3v) is 19.5. The average Bonchev–Trinajstić information content (AvgIpc) is 0.896. The number of carbonyl (C=O) groups excluding carboxylic acids is 4. The maximum absolute atomic E-state index is 13.1. The van der Waals surface area contributed by atoms with E-state index in [1.165, 1.54) is 57.8 Å². The Morgan fingerprint density at radius 3 is 0.769 bits per heavy atom. The molecule has 5 atom stereocenters. The van der Waals surface area contributed by atoms with E-state index in [9.17, 15) is 43.2 Å². The zero-order chi connectivity index (χ0) is 78.9. The van der Waals surface area contributed by atoms with E-state index in [2.05, 4.69) is 161 Å². The van der Waals surface area contributed by atoms with Crippen molar-refractivity contribution in [3.05, 3.63) is 134 Å². The van der Waals surface area contributed by atoms with E-state index >= 15 is 0 Å². The molecule has 0 aliphatic rings. The quantitative estimate of drug-likeness (QED) is 0.0169. The number of unbranched alkanes of at least 4 members (excludes halogenated alkanes) is 31. The van der Waals surface area contributed by atoms with Crippen molar-refractivity contribution in [2.45, 2.75) is 367 Å². The number of allylic oxidation sites excluding steroid dienone is 22. The second-order valence-corrected chi connectivity index (χ2v) is 30.9. The predicted octanol–water partition coefficient (Wildman–Crippen LogP) is 25.2. The van der Waals surface area contributed by atoms with Crippen LogP contribution in [0.3, 0.4) is 0 Å². The molecule has 0 aromatic carbocycles. The Bertz CT molecular complexity index is 2560. The molecule has 5 unspecified atom stereocenters. The summed E-state index contributed by atoms with van der Waals surface area (Å²) in [5, 5.41) is 10.7. The molecule has 0 saturated heterocycles. The van der Waals surface area contributed by atoms with Gasteiger partial charge in [-0.15, -0.1) is 0 Å². The monoisotopic (exact) mass is 1560 g/mol. The molecule has 3 N–H and O–H groups in total. The predicted molar refractivity (Wildman–Crippen MR) is 445 cm³/mol. The number of aliphatic hydroxyl groups excluding tert-OH is 1. The van der Waals surface area contributed by atoms with Crippen molar-refractivity contribution in [2.75, 3.05) is 39.6 Å². The number of hydrogen-bond acceptors (Lipinski definition) is 15. The van der Waals surface area contributed by atoms with E-state index in [4.69, 9.17) is 37.0 Å². The first kappa shape index (κ1) is 103. The number of phosphoric ester groups is 2. The summed E-state index contributed by atoms with van der Waals surface area (Å²) >= 11 is 0. The van der Waals surface area contributed by atoms with E-state index < -0.39 is 97.5 Å². The molecule has 0 radical (unpaired) electrons. The smallest absolute Gasteiger partial charge is 0.462 e. The lowest BCUT2D eigenvalue weighted by Gasteiger charge is -2.21. The van der Waals surface area contributed by atoms with Crippen molar-refractivity contribution in [1.29, 1.82) is 0 Å². The minimum Gasteiger partial charge on any atom is -0.462 e. The Hall–Kier alpha value is -4.80. The number of carbonyl (C=O) groups is 4. The maximum Gasteiger partial charge on any atom is 0.472 e. The van der Waals surface area contributed by atoms with Gasteiger partial charge in [-0.25, -0.2) is 9.13 Å². The molecule has 0 aromatic heterocycles. The van der Waals surface area contributed by atoms with Crippen LogP contribution in [-0.4, -0.2) is 96.7 Å². The molecule has 0 rings (SSSR count). The number of ether oxygens (including phenoxy) is 4. The number of rotatable bonds is 79. The molecule has 620 valence electrons. The van der Waals surface area contributed by atoms with Gasteiger partial charge < -0.3 is 33.8 Å². The topological polar surface area (TPSA) is 237 Å². The Morgan fingerprint density at radius 2 is 0.481 bits per heavy atom. The minimum absolute atomic E-state index is 0.0718. The fourth-order valence-corrected chi connectivity index (χ4v) is 12.7. The third kappa shape index (κ3) is 79.3. The zero-order valence-corrected chi connectivity index (χ0v) is 69.8. The molecule has 0 aromatic rings. The Labute approximate surface area is 656 Å². The third-order valence-electron chi connectivity index (χ3n) is 17.6. The van der Waals surface area contributed by atoms with Gasteiger partial charge in [0, 0.05) is 25.7 Å². The fourth-order valence-electron chi connectivity index (χ4n) is 11.2. The summed E-state index contributed by atoms with van der Waals surface area (Å²) in [5.41, 5.74) is 0. The first-order valence-electron chi connectivity index (χ1n) is 42.4. The van der Waals surface area contributed by atoms with Gasteiger partial charge >= 0.3 is 39.5 Å². The lowest BCUT2D eigenvalue weighted by atomic mass is 10.1. The van der Waals surface area contributed by atoms with Crippen LogP contribution in [0.1, 0.15) is 349 Å². The van der Waals surface area contributed by atoms with Gasteiger partial charge in [0.25, 0.3) is 0 Å². The molecule has 0 amide bonds. The van der Waals surface area contributed by atoms with E-state index in [0.29, 0.717) is 25.7 Å². The summed E-state index contributed by atoms with van der Waals surface area (Å²) in [5.74, 6) is -2.22. The summed E-state index contributed by atoms with van der Waals surface area (Å²) in [7, 11) is -9.98. The molecule has 108 heavy (non-hydrogen) atoms. The molecule has 0 spiro atoms. The number of hydrogen-bond donors (Lipinski definition) is 3. The van der Waals surface area contributed by atoms with Gasteiger partial charge in [-0.3, -0.25) is 37.3 Å². The van der Waals surface area contributed by atoms with Crippen LogP contribution in [-0.2, 0) is 65.4 Å². The van der Waals surface area contributed by atoms with Gasteiger partial charge in [0.15, 0.2) is 12.2 Å². The van der Waals surface area contributed by atoms with Crippen LogP contribution in [0.15, 0.2) is 134 Å². The Kier molecular flexibility index (Phi) is 76.7. The maximum atomic E-state index is 13.1. The second kappa shape index (κ2) is 80.3. The molecule has 0 heterocycles. The van der Waals surface area contributed by atoms with Crippen molar-refractivity contribution < 1.29 is 80.2 Å². The first-order valence-corrected chi connectivity index (χ1v) is 45.4. The highest BCUT2D eigenvalue weighted by Gasteiger charge is 2.30. The van der Waals surface area contributed by atoms with Crippen molar-refractivity contribution in [3.8, 4) is 0 Å². The number of phosphoric acid groups is 2. The van der Waals surface area contributed by atoms with Crippen molar-refractivity contribution in [1.82, 2.24) is 0 Å². The van der Waals surface area contributed by atoms with Crippen LogP contribution < -0.4 is 0 Å². The van der Waals surface area contributed by atoms with Crippen molar-refractivity contribution >= 4 is 39.5 Å². The summed E-state index contributed by atoms with van der Waals surface area (Å²) in [4.78, 5) is 73.2. The van der Waals surface area contributed by atoms with Gasteiger partial charge in [-0.05, 0) is 161 Å². The molecule has 19 heteroatoms. The highest BCUT2D eigenvalue weighted by atomic mass is 31.2. The SMILES string of the molecule is CC/C=C\C/C=C\C/C=C\C/C=C\CCCCCCCCC(=O)OCC(COP(=O)(O)OCC(O)COP(=O)(O)OCC(COC(=O)CCCCCCC/C=C\C/C=C\CCCCC)OC(=O)CCCCCCC/C=C\CCCCCCCC)OC(=O)CCCCCCCC/C=C\C/C=C\C/C=C\C/C=C\CC. The van der Waals surface area contributed by atoms with E-state index in [0.717, 1.165) is 212 Å². The molecule has 0 aliphatic heterocycles. The van der Waals surface area contributed by atoms with Gasteiger partial charge in [0.2, 0.25) is 0 Å². The molecule has 0 aliphatic carbocycles. The normalized spacial score (nSPS) is 14.5. The number of esters is 4. The van der Waals surface area contributed by atoms with Crippen LogP contribution in [0.2, 0.25) is 0 Å². The summed E-state index contributed by atoms with van der Waals surface area (Å²) in [6.45, 7) is 4.60. The van der Waals surface area contributed by atoms with E-state index in [-0.39, 0.29) is 25.7 Å². The van der Waals surface area contributed by atoms with Crippen LogP contribution >= 0.6 is 15.6 Å². The first-order chi connectivity index (χ1) is 52.7. The summed E-state index contributed by atoms with van der Waals surface area (Å²) in [6, 6.07) is 0. The van der Waals surface area contributed by atoms with Gasteiger partial charge in [0.1, 0.15) is 19.3 Å². The molecule has 17 nitrogen and oxygen atoms in total. The minimum atomic E-state index is -4.99. The van der Waals surface area contributed by atoms with Gasteiger partial charge in [-0.2, -0.15) is 0 Å². The van der Waals surface area contributed by atoms with Gasteiger partial charge in [0.05, 0.1) is 26.4 Å². The van der Waals surface area contributed by atoms with Crippen LogP contribution in [0, 0.1) is 0 Å². The van der Waals surface area contributed by atoms with E-state index in [1.54, 1.807) is 0 Å². The Balaban J connectivity index is 5.42. The van der Waals surface area contributed by atoms with Crippen LogP contribution in [0.4, 0.5) is 0 Å². The summed E-state index contributed by atoms with van der Waals surface area (Å²) in [6.07, 6.45) is 91.2. The lowest BCUT2D eigenvalue weighted by Crippen LogP contribution is -2.30. The Morgan fingerprint density at radius 1 is 0.269 bits per heavy atom. The molecule has 0 bridgehead atoms. The fraction of sp³-hybridized carbons (Fsp3) is 0.708. The molecule has 0 fully saturated rings. The van der Waals surface area contributed by atoms with Gasteiger partial charge in [-0.1, -0.05) is 296 Å². The molecular formula is C89H152O17P2. The lowest BCUT2D eigenvalue weighted by molar-refractivity contribution is -0.161. The number of aliphatic hydroxyl groups is 1. The van der Waals surface area contributed by atoms with E-state index in [1.807, 2.05) is 0 Å². The van der Waals surface area contributed by atoms with Crippen molar-refractivity contribution in [3.63, 3.8) is 0 Å².